The van der Waals surface area contributed by atoms with Crippen LogP contribution in [-0.2, 0) is 13.0 Å². The molecular formula is C12H11F4N3S. The van der Waals surface area contributed by atoms with Crippen molar-refractivity contribution >= 4 is 17.0 Å². The molecule has 0 unspecified atom stereocenters. The number of aromatic nitrogens is 2. The number of thiazole rings is 1. The summed E-state index contributed by atoms with van der Waals surface area (Å²) in [6.07, 6.45) is 2.32. The molecule has 0 aliphatic rings. The van der Waals surface area contributed by atoms with Crippen LogP contribution in [0, 0.1) is 23.5 Å². The van der Waals surface area contributed by atoms with Crippen LogP contribution in [0.5, 0.6) is 0 Å². The van der Waals surface area contributed by atoms with Gasteiger partial charge >= 0.3 is 0 Å². The monoisotopic (exact) mass is 305 g/mol. The minimum atomic E-state index is -1.66. The summed E-state index contributed by atoms with van der Waals surface area (Å²) in [4.78, 5) is 8.45. The van der Waals surface area contributed by atoms with Gasteiger partial charge in [0.15, 0.2) is 0 Å². The van der Waals surface area contributed by atoms with E-state index in [1.54, 1.807) is 6.20 Å². The van der Waals surface area contributed by atoms with Gasteiger partial charge in [0, 0.05) is 18.1 Å². The lowest BCUT2D eigenvalue weighted by Crippen LogP contribution is -2.20. The van der Waals surface area contributed by atoms with Crippen molar-refractivity contribution < 1.29 is 17.6 Å². The van der Waals surface area contributed by atoms with E-state index in [9.17, 15) is 17.6 Å². The van der Waals surface area contributed by atoms with E-state index < -0.39 is 29.2 Å². The molecule has 0 radical (unpaired) electrons. The fourth-order valence-electron chi connectivity index (χ4n) is 1.71. The summed E-state index contributed by atoms with van der Waals surface area (Å²) < 4.78 is 53.2. The van der Waals surface area contributed by atoms with Gasteiger partial charge in [0.1, 0.15) is 5.69 Å². The van der Waals surface area contributed by atoms with Gasteiger partial charge in [0.25, 0.3) is 11.9 Å². The van der Waals surface area contributed by atoms with Crippen LogP contribution in [0.1, 0.15) is 16.8 Å². The predicted molar refractivity (Wildman–Crippen MR) is 67.7 cm³/mol. The number of pyridine rings is 1. The third-order valence-corrected chi connectivity index (χ3v) is 3.78. The Hall–Kier alpha value is -1.70. The lowest BCUT2D eigenvalue weighted by molar-refractivity contribution is 0.407. The first-order chi connectivity index (χ1) is 9.43. The topological polar surface area (TPSA) is 29.0 Å². The van der Waals surface area contributed by atoms with Gasteiger partial charge < -0.3 is 4.90 Å². The molecule has 0 spiro atoms. The van der Waals surface area contributed by atoms with Gasteiger partial charge in [-0.1, -0.05) is 6.92 Å². The highest BCUT2D eigenvalue weighted by atomic mass is 32.1. The highest BCUT2D eigenvalue weighted by Crippen LogP contribution is 2.27. The molecular weight excluding hydrogens is 294 g/mol. The largest absolute Gasteiger partial charge is 0.364 e. The van der Waals surface area contributed by atoms with Gasteiger partial charge in [0.2, 0.25) is 11.6 Å². The van der Waals surface area contributed by atoms with Crippen LogP contribution in [0.15, 0.2) is 6.20 Å². The molecule has 2 aromatic rings. The van der Waals surface area contributed by atoms with Crippen LogP contribution in [-0.4, -0.2) is 17.0 Å². The number of aryl methyl sites for hydroxylation is 1. The van der Waals surface area contributed by atoms with E-state index in [1.807, 2.05) is 6.92 Å². The van der Waals surface area contributed by atoms with Crippen LogP contribution >= 0.6 is 11.3 Å². The molecule has 0 aliphatic heterocycles. The summed E-state index contributed by atoms with van der Waals surface area (Å²) >= 11 is 1.38. The van der Waals surface area contributed by atoms with Crippen molar-refractivity contribution in [3.63, 3.8) is 0 Å². The first-order valence-electron chi connectivity index (χ1n) is 5.78. The Morgan fingerprint density at radius 3 is 2.25 bits per heavy atom. The Morgan fingerprint density at radius 2 is 1.75 bits per heavy atom. The maximum Gasteiger partial charge on any atom is 0.253 e. The Bertz CT molecular complexity index is 603. The number of anilines is 1. The van der Waals surface area contributed by atoms with Gasteiger partial charge in [-0.3, -0.25) is 0 Å². The van der Waals surface area contributed by atoms with Crippen molar-refractivity contribution in [2.45, 2.75) is 19.9 Å². The van der Waals surface area contributed by atoms with Crippen LogP contribution in [0.25, 0.3) is 0 Å². The van der Waals surface area contributed by atoms with Crippen LogP contribution in [0.3, 0.4) is 0 Å². The van der Waals surface area contributed by atoms with Crippen LogP contribution in [0.2, 0.25) is 0 Å². The molecule has 0 aromatic carbocycles. The maximum atomic E-state index is 13.6. The fraction of sp³-hybridized carbons (Fsp3) is 0.333. The molecule has 0 saturated carbocycles. The van der Waals surface area contributed by atoms with Crippen molar-refractivity contribution in [2.24, 2.45) is 0 Å². The molecule has 2 heterocycles. The van der Waals surface area contributed by atoms with E-state index in [-0.39, 0.29) is 6.54 Å². The second-order valence-electron chi connectivity index (χ2n) is 4.10. The standard InChI is InChI=1S/C12H11F4N3S/c1-3-7-17-4-6(20-7)5-19(2)10-8(13)11(15)18-12(16)9(10)14/h4H,3,5H2,1-2H3. The summed E-state index contributed by atoms with van der Waals surface area (Å²) in [6.45, 7) is 2.02. The lowest BCUT2D eigenvalue weighted by Gasteiger charge is -2.19. The SMILES string of the molecule is CCc1ncc(CN(C)c2c(F)c(F)nc(F)c2F)s1. The molecule has 2 aromatic heterocycles. The highest BCUT2D eigenvalue weighted by molar-refractivity contribution is 7.11. The first-order valence-corrected chi connectivity index (χ1v) is 6.60. The minimum absolute atomic E-state index is 0.0917. The average Bonchev–Trinajstić information content (AvgIpc) is 2.84. The summed E-state index contributed by atoms with van der Waals surface area (Å²) in [6, 6.07) is 0. The molecule has 108 valence electrons. The molecule has 2 rings (SSSR count). The zero-order valence-corrected chi connectivity index (χ0v) is 11.6. The molecule has 3 nitrogen and oxygen atoms in total. The van der Waals surface area contributed by atoms with Crippen molar-refractivity contribution in [2.75, 3.05) is 11.9 Å². The predicted octanol–water partition coefficient (Wildman–Crippen LogP) is 3.29. The highest BCUT2D eigenvalue weighted by Gasteiger charge is 2.23. The van der Waals surface area contributed by atoms with E-state index in [0.717, 1.165) is 21.2 Å². The fourth-order valence-corrected chi connectivity index (χ4v) is 2.62. The average molecular weight is 305 g/mol. The number of rotatable bonds is 4. The normalized spacial score (nSPS) is 10.9. The molecule has 0 fully saturated rings. The lowest BCUT2D eigenvalue weighted by atomic mass is 10.3. The molecule has 0 aliphatic carbocycles. The Morgan fingerprint density at radius 1 is 1.15 bits per heavy atom. The smallest absolute Gasteiger partial charge is 0.253 e. The van der Waals surface area contributed by atoms with Gasteiger partial charge in [0.05, 0.1) is 11.6 Å². The van der Waals surface area contributed by atoms with E-state index in [2.05, 4.69) is 9.97 Å². The van der Waals surface area contributed by atoms with Crippen LogP contribution in [0.4, 0.5) is 23.2 Å². The summed E-state index contributed by atoms with van der Waals surface area (Å²) in [5, 5.41) is 0.876. The van der Waals surface area contributed by atoms with Crippen molar-refractivity contribution in [1.82, 2.24) is 9.97 Å². The van der Waals surface area contributed by atoms with Gasteiger partial charge in [-0.05, 0) is 6.42 Å². The molecule has 8 heteroatoms. The zero-order valence-electron chi connectivity index (χ0n) is 10.8. The molecule has 0 amide bonds. The van der Waals surface area contributed by atoms with Gasteiger partial charge in [-0.15, -0.1) is 11.3 Å². The number of halogens is 4. The van der Waals surface area contributed by atoms with E-state index in [1.165, 1.54) is 18.4 Å². The molecule has 0 atom stereocenters. The quantitative estimate of drug-likeness (QED) is 0.641. The second-order valence-corrected chi connectivity index (χ2v) is 5.30. The maximum absolute atomic E-state index is 13.6. The second kappa shape index (κ2) is 5.74. The third-order valence-electron chi connectivity index (χ3n) is 2.65. The van der Waals surface area contributed by atoms with Gasteiger partial charge in [-0.2, -0.15) is 22.5 Å². The molecule has 20 heavy (non-hydrogen) atoms. The summed E-state index contributed by atoms with van der Waals surface area (Å²) in [5.41, 5.74) is -0.776. The molecule has 0 saturated heterocycles. The van der Waals surface area contributed by atoms with E-state index in [4.69, 9.17) is 0 Å². The zero-order chi connectivity index (χ0) is 14.9. The van der Waals surface area contributed by atoms with Crippen molar-refractivity contribution in [3.8, 4) is 0 Å². The minimum Gasteiger partial charge on any atom is -0.364 e. The summed E-state index contributed by atoms with van der Waals surface area (Å²) in [5.74, 6) is -6.34. The first kappa shape index (κ1) is 14.7. The Balaban J connectivity index is 2.31. The van der Waals surface area contributed by atoms with Crippen LogP contribution < -0.4 is 4.90 Å². The molecule has 0 N–H and O–H groups in total. The Labute approximate surface area is 116 Å². The van der Waals surface area contributed by atoms with E-state index in [0.29, 0.717) is 0 Å². The van der Waals surface area contributed by atoms with Crippen molar-refractivity contribution in [3.05, 3.63) is 39.6 Å². The third kappa shape index (κ3) is 2.74. The van der Waals surface area contributed by atoms with Crippen molar-refractivity contribution in [1.29, 1.82) is 0 Å². The number of hydrogen-bond acceptors (Lipinski definition) is 4. The molecule has 0 bridgehead atoms. The summed E-state index contributed by atoms with van der Waals surface area (Å²) in [7, 11) is 1.34. The number of hydrogen-bond donors (Lipinski definition) is 0. The number of nitrogens with zero attached hydrogens (tertiary/aromatic N) is 3. The Kier molecular flexibility index (Phi) is 4.22. The van der Waals surface area contributed by atoms with E-state index >= 15 is 0 Å². The van der Waals surface area contributed by atoms with Gasteiger partial charge in [-0.25, -0.2) is 4.98 Å².